The number of nitrogens with one attached hydrogen (secondary N) is 1. The van der Waals surface area contributed by atoms with Crippen molar-refractivity contribution in [3.63, 3.8) is 0 Å². The topological polar surface area (TPSA) is 75.6 Å². The van der Waals surface area contributed by atoms with Crippen molar-refractivity contribution < 1.29 is 19.4 Å². The predicted molar refractivity (Wildman–Crippen MR) is 65.0 cm³/mol. The molecule has 2 aliphatic carbocycles. The van der Waals surface area contributed by atoms with Gasteiger partial charge in [0.2, 0.25) is 5.91 Å². The van der Waals surface area contributed by atoms with Gasteiger partial charge < -0.3 is 15.2 Å². The third kappa shape index (κ3) is 3.22. The number of hydrogen-bond acceptors (Lipinski definition) is 3. The van der Waals surface area contributed by atoms with Crippen LogP contribution in [0.1, 0.15) is 39.0 Å². The average molecular weight is 255 g/mol. The molecular formula is C13H21NO4. The van der Waals surface area contributed by atoms with Gasteiger partial charge in [0.15, 0.2) is 0 Å². The second kappa shape index (κ2) is 5.69. The Morgan fingerprint density at radius 2 is 1.94 bits per heavy atom. The Kier molecular flexibility index (Phi) is 4.22. The molecule has 0 aliphatic heterocycles. The first-order chi connectivity index (χ1) is 8.61. The summed E-state index contributed by atoms with van der Waals surface area (Å²) in [6.07, 6.45) is 3.80. The lowest BCUT2D eigenvalue weighted by atomic mass is 9.86. The summed E-state index contributed by atoms with van der Waals surface area (Å²) in [6.45, 7) is 2.58. The van der Waals surface area contributed by atoms with E-state index in [-0.39, 0.29) is 29.9 Å². The monoisotopic (exact) mass is 255 g/mol. The number of rotatable bonds is 5. The molecule has 5 nitrogen and oxygen atoms in total. The van der Waals surface area contributed by atoms with E-state index in [0.717, 1.165) is 19.3 Å². The maximum Gasteiger partial charge on any atom is 0.306 e. The minimum Gasteiger partial charge on any atom is -0.481 e. The first kappa shape index (κ1) is 13.3. The molecular weight excluding hydrogens is 234 g/mol. The van der Waals surface area contributed by atoms with Gasteiger partial charge in [0.25, 0.3) is 0 Å². The maximum absolute atomic E-state index is 11.9. The highest BCUT2D eigenvalue weighted by molar-refractivity contribution is 5.82. The van der Waals surface area contributed by atoms with Crippen LogP contribution in [0.3, 0.4) is 0 Å². The fraction of sp³-hybridized carbons (Fsp3) is 0.846. The first-order valence-corrected chi connectivity index (χ1v) is 6.76. The summed E-state index contributed by atoms with van der Waals surface area (Å²) in [5, 5.41) is 11.9. The van der Waals surface area contributed by atoms with Gasteiger partial charge in [-0.05, 0) is 39.0 Å². The molecule has 0 aromatic rings. The number of hydrogen-bond donors (Lipinski definition) is 2. The van der Waals surface area contributed by atoms with E-state index in [1.54, 1.807) is 0 Å². The van der Waals surface area contributed by atoms with Crippen LogP contribution >= 0.6 is 0 Å². The fourth-order valence-corrected chi connectivity index (χ4v) is 2.64. The number of aliphatic carboxylic acids is 1. The molecule has 2 fully saturated rings. The first-order valence-electron chi connectivity index (χ1n) is 6.76. The van der Waals surface area contributed by atoms with E-state index in [4.69, 9.17) is 9.84 Å². The Labute approximate surface area is 107 Å². The van der Waals surface area contributed by atoms with E-state index >= 15 is 0 Å². The van der Waals surface area contributed by atoms with Crippen LogP contribution in [-0.2, 0) is 14.3 Å². The minimum absolute atomic E-state index is 0.0159. The van der Waals surface area contributed by atoms with Crippen molar-refractivity contribution in [1.29, 1.82) is 0 Å². The zero-order valence-corrected chi connectivity index (χ0v) is 10.7. The summed E-state index contributed by atoms with van der Waals surface area (Å²) < 4.78 is 5.39. The summed E-state index contributed by atoms with van der Waals surface area (Å²) in [6, 6.07) is 0.149. The van der Waals surface area contributed by atoms with Crippen LogP contribution in [-0.4, -0.2) is 35.7 Å². The fourth-order valence-electron chi connectivity index (χ4n) is 2.64. The van der Waals surface area contributed by atoms with Gasteiger partial charge in [0, 0.05) is 12.6 Å². The van der Waals surface area contributed by atoms with Crippen LogP contribution in [0.25, 0.3) is 0 Å². The zero-order chi connectivity index (χ0) is 13.1. The van der Waals surface area contributed by atoms with Crippen molar-refractivity contribution in [1.82, 2.24) is 5.32 Å². The zero-order valence-electron chi connectivity index (χ0n) is 10.7. The number of amides is 1. The van der Waals surface area contributed by atoms with Crippen molar-refractivity contribution in [2.45, 2.75) is 51.2 Å². The van der Waals surface area contributed by atoms with Crippen LogP contribution in [0.4, 0.5) is 0 Å². The molecule has 2 saturated carbocycles. The molecule has 5 heteroatoms. The molecule has 0 saturated heterocycles. The smallest absolute Gasteiger partial charge is 0.306 e. The molecule has 0 unspecified atom stereocenters. The molecule has 1 amide bonds. The quantitative estimate of drug-likeness (QED) is 0.773. The molecule has 2 N–H and O–H groups in total. The molecule has 0 aromatic carbocycles. The summed E-state index contributed by atoms with van der Waals surface area (Å²) >= 11 is 0. The molecule has 2 rings (SSSR count). The van der Waals surface area contributed by atoms with Crippen LogP contribution in [0, 0.1) is 11.8 Å². The molecule has 18 heavy (non-hydrogen) atoms. The van der Waals surface area contributed by atoms with Gasteiger partial charge in [-0.15, -0.1) is 0 Å². The van der Waals surface area contributed by atoms with E-state index in [9.17, 15) is 9.59 Å². The summed E-state index contributed by atoms with van der Waals surface area (Å²) in [5.41, 5.74) is 0. The lowest BCUT2D eigenvalue weighted by Gasteiger charge is -2.26. The average Bonchev–Trinajstić information content (AvgIpc) is 3.10. The predicted octanol–water partition coefficient (Wildman–Crippen LogP) is 1.17. The van der Waals surface area contributed by atoms with Gasteiger partial charge in [-0.3, -0.25) is 9.59 Å². The molecule has 0 spiro atoms. The van der Waals surface area contributed by atoms with E-state index < -0.39 is 5.97 Å². The second-order valence-corrected chi connectivity index (χ2v) is 5.23. The Balaban J connectivity index is 1.69. The molecule has 2 aliphatic rings. The van der Waals surface area contributed by atoms with Gasteiger partial charge >= 0.3 is 5.97 Å². The molecule has 0 aromatic heterocycles. The van der Waals surface area contributed by atoms with Crippen molar-refractivity contribution in [2.75, 3.05) is 6.61 Å². The van der Waals surface area contributed by atoms with E-state index in [0.29, 0.717) is 19.4 Å². The second-order valence-electron chi connectivity index (χ2n) is 5.23. The number of carbonyl (C=O) groups is 2. The summed E-state index contributed by atoms with van der Waals surface area (Å²) in [7, 11) is 0. The SMILES string of the molecule is CCO[C@@H]1C[C@H]1C(=O)NC1CCC(C(=O)O)CC1. The third-order valence-electron chi connectivity index (χ3n) is 3.87. The number of carboxylic acid groups (broad SMARTS) is 1. The van der Waals surface area contributed by atoms with E-state index in [1.807, 2.05) is 6.92 Å². The van der Waals surface area contributed by atoms with Crippen molar-refractivity contribution in [3.8, 4) is 0 Å². The summed E-state index contributed by atoms with van der Waals surface area (Å²) in [4.78, 5) is 22.7. The van der Waals surface area contributed by atoms with E-state index in [1.165, 1.54) is 0 Å². The van der Waals surface area contributed by atoms with Crippen LogP contribution in [0.5, 0.6) is 0 Å². The number of carboxylic acids is 1. The van der Waals surface area contributed by atoms with Crippen LogP contribution < -0.4 is 5.32 Å². The molecule has 0 radical (unpaired) electrons. The Hall–Kier alpha value is -1.10. The normalized spacial score (nSPS) is 34.9. The lowest BCUT2D eigenvalue weighted by molar-refractivity contribution is -0.142. The maximum atomic E-state index is 11.9. The third-order valence-corrected chi connectivity index (χ3v) is 3.87. The highest BCUT2D eigenvalue weighted by Crippen LogP contribution is 2.34. The Bertz CT molecular complexity index is 323. The van der Waals surface area contributed by atoms with Gasteiger partial charge in [-0.25, -0.2) is 0 Å². The van der Waals surface area contributed by atoms with Gasteiger partial charge in [0.1, 0.15) is 0 Å². The standard InChI is InChI=1S/C13H21NO4/c1-2-18-11-7-10(11)12(15)14-9-5-3-8(4-6-9)13(16)17/h8-11H,2-7H2,1H3,(H,14,15)(H,16,17)/t8?,9?,10-,11-/m1/s1. The van der Waals surface area contributed by atoms with Crippen LogP contribution in [0.2, 0.25) is 0 Å². The van der Waals surface area contributed by atoms with Crippen molar-refractivity contribution >= 4 is 11.9 Å². The summed E-state index contributed by atoms with van der Waals surface area (Å²) in [5.74, 6) is -0.844. The Morgan fingerprint density at radius 3 is 2.50 bits per heavy atom. The number of carbonyl (C=O) groups excluding carboxylic acids is 1. The van der Waals surface area contributed by atoms with Gasteiger partial charge in [-0.2, -0.15) is 0 Å². The van der Waals surface area contributed by atoms with Crippen molar-refractivity contribution in [3.05, 3.63) is 0 Å². The van der Waals surface area contributed by atoms with Gasteiger partial charge in [0.05, 0.1) is 17.9 Å². The number of ether oxygens (including phenoxy) is 1. The van der Waals surface area contributed by atoms with Crippen molar-refractivity contribution in [2.24, 2.45) is 11.8 Å². The molecule has 0 bridgehead atoms. The van der Waals surface area contributed by atoms with Crippen LogP contribution in [0.15, 0.2) is 0 Å². The van der Waals surface area contributed by atoms with Gasteiger partial charge in [-0.1, -0.05) is 0 Å². The highest BCUT2D eigenvalue weighted by Gasteiger charge is 2.44. The Morgan fingerprint density at radius 1 is 1.28 bits per heavy atom. The highest BCUT2D eigenvalue weighted by atomic mass is 16.5. The molecule has 102 valence electrons. The lowest BCUT2D eigenvalue weighted by Crippen LogP contribution is -2.40. The minimum atomic E-state index is -0.710. The van der Waals surface area contributed by atoms with E-state index in [2.05, 4.69) is 5.32 Å². The molecule has 2 atom stereocenters. The molecule has 0 heterocycles. The largest absolute Gasteiger partial charge is 0.481 e.